The molecule has 0 aliphatic carbocycles. The summed E-state index contributed by atoms with van der Waals surface area (Å²) < 4.78 is 26.8. The van der Waals surface area contributed by atoms with E-state index >= 15 is 0 Å². The molecule has 0 saturated carbocycles. The van der Waals surface area contributed by atoms with E-state index < -0.39 is 12.5 Å². The molecular weight excluding hydrogens is 352 g/mol. The van der Waals surface area contributed by atoms with E-state index in [0.717, 1.165) is 44.1 Å². The van der Waals surface area contributed by atoms with E-state index in [1.807, 2.05) is 13.1 Å². The van der Waals surface area contributed by atoms with E-state index in [1.165, 1.54) is 4.90 Å². The summed E-state index contributed by atoms with van der Waals surface area (Å²) in [6, 6.07) is 4.09. The molecule has 3 aliphatic rings. The Morgan fingerprint density at radius 2 is 2.00 bits per heavy atom. The second-order valence-corrected chi connectivity index (χ2v) is 7.93. The number of piperazine rings is 1. The van der Waals surface area contributed by atoms with Crippen LogP contribution in [-0.4, -0.2) is 84.5 Å². The van der Waals surface area contributed by atoms with Crippen molar-refractivity contribution in [2.45, 2.75) is 37.8 Å². The number of carbonyl (C=O) groups is 1. The number of amides is 1. The summed E-state index contributed by atoms with van der Waals surface area (Å²) in [6.07, 6.45) is 2.37. The van der Waals surface area contributed by atoms with E-state index in [9.17, 15) is 13.6 Å². The minimum atomic E-state index is -2.73. The molecule has 3 aliphatic heterocycles. The zero-order valence-electron chi connectivity index (χ0n) is 15.7. The highest BCUT2D eigenvalue weighted by atomic mass is 19.3. The van der Waals surface area contributed by atoms with E-state index in [4.69, 9.17) is 0 Å². The highest BCUT2D eigenvalue weighted by Gasteiger charge is 2.43. The van der Waals surface area contributed by atoms with Gasteiger partial charge >= 0.3 is 0 Å². The van der Waals surface area contributed by atoms with Crippen LogP contribution in [0.15, 0.2) is 18.3 Å². The molecule has 0 radical (unpaired) electrons. The maximum atomic E-state index is 13.4. The number of nitrogens with zero attached hydrogens (tertiary/aromatic N) is 4. The molecule has 2 atom stereocenters. The van der Waals surface area contributed by atoms with Gasteiger partial charge in [0, 0.05) is 57.9 Å². The molecular formula is C19H27F2N5O. The second kappa shape index (κ2) is 7.31. The molecule has 1 amide bonds. The summed E-state index contributed by atoms with van der Waals surface area (Å²) >= 11 is 0. The first-order valence-electron chi connectivity index (χ1n) is 9.73. The fourth-order valence-electron chi connectivity index (χ4n) is 4.29. The van der Waals surface area contributed by atoms with Crippen LogP contribution in [0.25, 0.3) is 0 Å². The zero-order chi connectivity index (χ0) is 19.0. The zero-order valence-corrected chi connectivity index (χ0v) is 15.7. The van der Waals surface area contributed by atoms with Gasteiger partial charge in [-0.3, -0.25) is 9.69 Å². The van der Waals surface area contributed by atoms with Crippen molar-refractivity contribution in [3.05, 3.63) is 23.9 Å². The SMILES string of the molecule is Cc1ccc(N2CCN([C@@H]3CN[C@H](C(=O)N4CCC(F)(F)C4)C3)CC2)nc1. The number of hydrogen-bond acceptors (Lipinski definition) is 5. The van der Waals surface area contributed by atoms with Gasteiger partial charge in [0.05, 0.1) is 12.6 Å². The third-order valence-electron chi connectivity index (χ3n) is 5.94. The van der Waals surface area contributed by atoms with Gasteiger partial charge in [-0.1, -0.05) is 6.07 Å². The van der Waals surface area contributed by atoms with Crippen molar-refractivity contribution < 1.29 is 13.6 Å². The van der Waals surface area contributed by atoms with Gasteiger partial charge in [-0.2, -0.15) is 0 Å². The fraction of sp³-hybridized carbons (Fsp3) is 0.684. The topological polar surface area (TPSA) is 51.7 Å². The van der Waals surface area contributed by atoms with E-state index in [-0.39, 0.29) is 31.0 Å². The largest absolute Gasteiger partial charge is 0.354 e. The van der Waals surface area contributed by atoms with E-state index in [1.54, 1.807) is 0 Å². The Balaban J connectivity index is 1.27. The standard InChI is InChI=1S/C19H27F2N5O/c1-14-2-3-17(23-11-14)25-8-6-24(7-9-25)15-10-16(22-12-15)18(27)26-5-4-19(20,21)13-26/h2-3,11,15-16,22H,4-10,12-13H2,1H3/t15-,16-/m0/s1. The Morgan fingerprint density at radius 3 is 2.63 bits per heavy atom. The molecule has 0 bridgehead atoms. The van der Waals surface area contributed by atoms with Crippen LogP contribution in [0, 0.1) is 6.92 Å². The molecule has 1 aromatic rings. The Kier molecular flexibility index (Phi) is 5.03. The van der Waals surface area contributed by atoms with Crippen LogP contribution < -0.4 is 10.2 Å². The van der Waals surface area contributed by atoms with Crippen molar-refractivity contribution in [1.29, 1.82) is 0 Å². The van der Waals surface area contributed by atoms with Gasteiger partial charge in [0.1, 0.15) is 5.82 Å². The maximum Gasteiger partial charge on any atom is 0.267 e. The van der Waals surface area contributed by atoms with E-state index in [2.05, 4.69) is 32.2 Å². The smallest absolute Gasteiger partial charge is 0.267 e. The van der Waals surface area contributed by atoms with Gasteiger partial charge in [-0.25, -0.2) is 13.8 Å². The molecule has 4 heterocycles. The van der Waals surface area contributed by atoms with Crippen molar-refractivity contribution in [2.24, 2.45) is 0 Å². The third-order valence-corrected chi connectivity index (χ3v) is 5.94. The molecule has 0 spiro atoms. The number of nitrogens with one attached hydrogen (secondary N) is 1. The molecule has 8 heteroatoms. The van der Waals surface area contributed by atoms with Crippen molar-refractivity contribution in [3.63, 3.8) is 0 Å². The quantitative estimate of drug-likeness (QED) is 0.853. The average Bonchev–Trinajstić information content (AvgIpc) is 3.29. The molecule has 0 aromatic carbocycles. The minimum Gasteiger partial charge on any atom is -0.354 e. The average molecular weight is 379 g/mol. The van der Waals surface area contributed by atoms with Crippen molar-refractivity contribution >= 4 is 11.7 Å². The van der Waals surface area contributed by atoms with Crippen LogP contribution in [-0.2, 0) is 4.79 Å². The van der Waals surface area contributed by atoms with Crippen LogP contribution in [0.2, 0.25) is 0 Å². The van der Waals surface area contributed by atoms with Gasteiger partial charge in [-0.15, -0.1) is 0 Å². The van der Waals surface area contributed by atoms with Gasteiger partial charge in [0.2, 0.25) is 5.91 Å². The molecule has 27 heavy (non-hydrogen) atoms. The second-order valence-electron chi connectivity index (χ2n) is 7.93. The molecule has 6 nitrogen and oxygen atoms in total. The number of likely N-dealkylation sites (tertiary alicyclic amines) is 1. The molecule has 1 aromatic heterocycles. The van der Waals surface area contributed by atoms with Gasteiger partial charge in [0.15, 0.2) is 0 Å². The third kappa shape index (κ3) is 4.06. The first-order chi connectivity index (χ1) is 12.9. The number of alkyl halides is 2. The number of aryl methyl sites for hydroxylation is 1. The monoisotopic (exact) mass is 379 g/mol. The van der Waals surface area contributed by atoms with Gasteiger partial charge in [-0.05, 0) is 25.0 Å². The lowest BCUT2D eigenvalue weighted by Gasteiger charge is -2.38. The van der Waals surface area contributed by atoms with Crippen LogP contribution in [0.5, 0.6) is 0 Å². The predicted octanol–water partition coefficient (Wildman–Crippen LogP) is 1.11. The summed E-state index contributed by atoms with van der Waals surface area (Å²) in [5, 5.41) is 3.25. The molecule has 3 fully saturated rings. The number of rotatable bonds is 3. The molecule has 3 saturated heterocycles. The summed E-state index contributed by atoms with van der Waals surface area (Å²) in [4.78, 5) is 23.0. The van der Waals surface area contributed by atoms with Gasteiger partial charge in [0.25, 0.3) is 5.92 Å². The van der Waals surface area contributed by atoms with Crippen LogP contribution in [0.3, 0.4) is 0 Å². The molecule has 148 valence electrons. The van der Waals surface area contributed by atoms with Crippen LogP contribution in [0.1, 0.15) is 18.4 Å². The number of pyridine rings is 1. The van der Waals surface area contributed by atoms with Crippen LogP contribution in [0.4, 0.5) is 14.6 Å². The fourth-order valence-corrected chi connectivity index (χ4v) is 4.29. The maximum absolute atomic E-state index is 13.4. The minimum absolute atomic E-state index is 0.164. The highest BCUT2D eigenvalue weighted by molar-refractivity contribution is 5.82. The summed E-state index contributed by atoms with van der Waals surface area (Å²) in [5.74, 6) is -1.89. The normalized spacial score (nSPS) is 28.7. The molecule has 1 N–H and O–H groups in total. The highest BCUT2D eigenvalue weighted by Crippen LogP contribution is 2.28. The van der Waals surface area contributed by atoms with Gasteiger partial charge < -0.3 is 15.1 Å². The van der Waals surface area contributed by atoms with Crippen LogP contribution >= 0.6 is 0 Å². The summed E-state index contributed by atoms with van der Waals surface area (Å²) in [7, 11) is 0. The Hall–Kier alpha value is -1.80. The Morgan fingerprint density at radius 1 is 1.22 bits per heavy atom. The lowest BCUT2D eigenvalue weighted by atomic mass is 10.1. The number of hydrogen-bond donors (Lipinski definition) is 1. The van der Waals surface area contributed by atoms with Crippen molar-refractivity contribution in [1.82, 2.24) is 20.1 Å². The number of carbonyl (C=O) groups excluding carboxylic acids is 1. The Labute approximate surface area is 158 Å². The van der Waals surface area contributed by atoms with Crippen molar-refractivity contribution in [2.75, 3.05) is 50.7 Å². The number of anilines is 1. The Bertz CT molecular complexity index is 675. The lowest BCUT2D eigenvalue weighted by molar-refractivity contribution is -0.133. The molecule has 0 unspecified atom stereocenters. The summed E-state index contributed by atoms with van der Waals surface area (Å²) in [6.45, 7) is 6.16. The van der Waals surface area contributed by atoms with E-state index in [0.29, 0.717) is 6.42 Å². The first-order valence-corrected chi connectivity index (χ1v) is 9.73. The number of aromatic nitrogens is 1. The predicted molar refractivity (Wildman–Crippen MR) is 99.1 cm³/mol. The molecule has 4 rings (SSSR count). The van der Waals surface area contributed by atoms with Crippen molar-refractivity contribution in [3.8, 4) is 0 Å². The summed E-state index contributed by atoms with van der Waals surface area (Å²) in [5.41, 5.74) is 1.15. The first kappa shape index (κ1) is 18.6. The lowest BCUT2D eigenvalue weighted by Crippen LogP contribution is -2.51. The number of halogens is 2.